The first-order chi connectivity index (χ1) is 12.9. The minimum Gasteiger partial charge on any atom is -0.487 e. The summed E-state index contributed by atoms with van der Waals surface area (Å²) in [4.78, 5) is 4.31. The molecule has 152 valence electrons. The van der Waals surface area contributed by atoms with Crippen molar-refractivity contribution in [1.82, 2.24) is 10.6 Å². The van der Waals surface area contributed by atoms with Gasteiger partial charge in [-0.1, -0.05) is 24.3 Å². The van der Waals surface area contributed by atoms with Crippen molar-refractivity contribution in [3.8, 4) is 5.75 Å². The molecule has 0 spiro atoms. The molecule has 1 aliphatic heterocycles. The molecule has 1 aliphatic rings. The van der Waals surface area contributed by atoms with Crippen LogP contribution < -0.4 is 15.4 Å². The van der Waals surface area contributed by atoms with E-state index in [1.54, 1.807) is 19.2 Å². The van der Waals surface area contributed by atoms with E-state index in [1.165, 1.54) is 6.07 Å². The molecule has 7 heteroatoms. The highest BCUT2D eigenvalue weighted by Crippen LogP contribution is 2.39. The highest BCUT2D eigenvalue weighted by atomic mass is 127. The van der Waals surface area contributed by atoms with Gasteiger partial charge in [0.1, 0.15) is 17.2 Å². The maximum atomic E-state index is 13.5. The van der Waals surface area contributed by atoms with E-state index < -0.39 is 5.82 Å². The van der Waals surface area contributed by atoms with Crippen molar-refractivity contribution in [2.45, 2.75) is 45.1 Å². The number of aliphatic imine (C=N–C) groups is 1. The van der Waals surface area contributed by atoms with Gasteiger partial charge in [-0.25, -0.2) is 4.39 Å². The average Bonchev–Trinajstić information content (AvgIpc) is 2.65. The molecule has 0 saturated carbocycles. The van der Waals surface area contributed by atoms with Crippen molar-refractivity contribution in [2.24, 2.45) is 4.99 Å². The van der Waals surface area contributed by atoms with Gasteiger partial charge in [-0.2, -0.15) is 0 Å². The third-order valence-corrected chi connectivity index (χ3v) is 4.65. The van der Waals surface area contributed by atoms with Crippen molar-refractivity contribution < 1.29 is 14.2 Å². The Bertz CT molecular complexity index is 842. The number of nitrogens with zero attached hydrogens (tertiary/aromatic N) is 1. The van der Waals surface area contributed by atoms with E-state index >= 15 is 0 Å². The Morgan fingerprint density at radius 2 is 2.04 bits per heavy atom. The van der Waals surface area contributed by atoms with Gasteiger partial charge in [-0.05, 0) is 37.6 Å². The second-order valence-electron chi connectivity index (χ2n) is 7.31. The lowest BCUT2D eigenvalue weighted by molar-refractivity contribution is 0.0694. The van der Waals surface area contributed by atoms with Gasteiger partial charge >= 0.3 is 0 Å². The number of aliphatic hydroxyl groups is 1. The molecule has 3 N–H and O–H groups in total. The Morgan fingerprint density at radius 3 is 2.75 bits per heavy atom. The van der Waals surface area contributed by atoms with Gasteiger partial charge in [0.15, 0.2) is 5.96 Å². The van der Waals surface area contributed by atoms with E-state index in [0.29, 0.717) is 12.5 Å². The molecule has 0 amide bonds. The van der Waals surface area contributed by atoms with Crippen LogP contribution in [0.1, 0.15) is 43.0 Å². The fourth-order valence-corrected chi connectivity index (χ4v) is 3.34. The number of nitrogens with one attached hydrogen (secondary N) is 2. The first kappa shape index (κ1) is 22.4. The van der Waals surface area contributed by atoms with E-state index in [9.17, 15) is 9.50 Å². The van der Waals surface area contributed by atoms with Crippen molar-refractivity contribution >= 4 is 29.9 Å². The van der Waals surface area contributed by atoms with Crippen LogP contribution in [0.5, 0.6) is 5.75 Å². The molecule has 1 unspecified atom stereocenters. The summed E-state index contributed by atoms with van der Waals surface area (Å²) in [5, 5.41) is 15.9. The standard InChI is InChI=1S/C21H26FN3O2.HI/c1-21(2)11-18(16-6-4-5-7-19(16)27-21)25-20(23-3)24-12-14-8-9-17(22)15(10-14)13-26;/h4-10,18,26H,11-13H2,1-3H3,(H2,23,24,25);1H. The molecule has 0 saturated heterocycles. The number of halogens is 2. The van der Waals surface area contributed by atoms with Gasteiger partial charge in [-0.3, -0.25) is 4.99 Å². The van der Waals surface area contributed by atoms with Gasteiger partial charge in [-0.15, -0.1) is 24.0 Å². The second-order valence-corrected chi connectivity index (χ2v) is 7.31. The summed E-state index contributed by atoms with van der Waals surface area (Å²) in [7, 11) is 1.72. The highest BCUT2D eigenvalue weighted by molar-refractivity contribution is 14.0. The van der Waals surface area contributed by atoms with Gasteiger partial charge in [0, 0.05) is 31.1 Å². The normalized spacial score (nSPS) is 17.8. The topological polar surface area (TPSA) is 65.9 Å². The van der Waals surface area contributed by atoms with Gasteiger partial charge < -0.3 is 20.5 Å². The van der Waals surface area contributed by atoms with Gasteiger partial charge in [0.2, 0.25) is 0 Å². The van der Waals surface area contributed by atoms with Crippen LogP contribution in [-0.2, 0) is 13.2 Å². The summed E-state index contributed by atoms with van der Waals surface area (Å²) < 4.78 is 19.6. The number of rotatable bonds is 4. The van der Waals surface area contributed by atoms with E-state index in [-0.39, 0.29) is 47.8 Å². The number of benzene rings is 2. The number of fused-ring (bicyclic) bond motifs is 1. The molecule has 3 rings (SSSR count). The molecule has 5 nitrogen and oxygen atoms in total. The Morgan fingerprint density at radius 1 is 1.29 bits per heavy atom. The lowest BCUT2D eigenvalue weighted by atomic mass is 9.90. The van der Waals surface area contributed by atoms with Crippen LogP contribution in [-0.4, -0.2) is 23.7 Å². The molecule has 0 bridgehead atoms. The summed E-state index contributed by atoms with van der Waals surface area (Å²) in [6.07, 6.45) is 0.802. The largest absolute Gasteiger partial charge is 0.487 e. The molecule has 1 atom stereocenters. The summed E-state index contributed by atoms with van der Waals surface area (Å²) in [6, 6.07) is 12.8. The minimum atomic E-state index is -0.398. The van der Waals surface area contributed by atoms with E-state index in [0.717, 1.165) is 23.3 Å². The number of ether oxygens (including phenoxy) is 1. The molecule has 28 heavy (non-hydrogen) atoms. The van der Waals surface area contributed by atoms with E-state index in [4.69, 9.17) is 4.74 Å². The first-order valence-electron chi connectivity index (χ1n) is 9.05. The molecular formula is C21H27FIN3O2. The SMILES string of the molecule is CN=C(NCc1ccc(F)c(CO)c1)NC1CC(C)(C)Oc2ccccc21.I. The minimum absolute atomic E-state index is 0. The molecule has 2 aromatic carbocycles. The van der Waals surface area contributed by atoms with Crippen LogP contribution in [0, 0.1) is 5.82 Å². The van der Waals surface area contributed by atoms with Crippen LogP contribution in [0.3, 0.4) is 0 Å². The van der Waals surface area contributed by atoms with Crippen LogP contribution in [0.2, 0.25) is 0 Å². The fourth-order valence-electron chi connectivity index (χ4n) is 3.34. The zero-order valence-corrected chi connectivity index (χ0v) is 18.7. The number of hydrogen-bond acceptors (Lipinski definition) is 3. The molecule has 0 radical (unpaired) electrons. The third-order valence-electron chi connectivity index (χ3n) is 4.65. The number of hydrogen-bond donors (Lipinski definition) is 3. The third kappa shape index (κ3) is 5.35. The summed E-state index contributed by atoms with van der Waals surface area (Å²) in [6.45, 7) is 4.30. The van der Waals surface area contributed by atoms with Gasteiger partial charge in [0.25, 0.3) is 0 Å². The summed E-state index contributed by atoms with van der Waals surface area (Å²) in [5.74, 6) is 1.14. The zero-order valence-electron chi connectivity index (χ0n) is 16.3. The van der Waals surface area contributed by atoms with Crippen LogP contribution >= 0.6 is 24.0 Å². The molecule has 2 aromatic rings. The quantitative estimate of drug-likeness (QED) is 0.339. The zero-order chi connectivity index (χ0) is 19.4. The first-order valence-corrected chi connectivity index (χ1v) is 9.05. The maximum Gasteiger partial charge on any atom is 0.191 e. The van der Waals surface area contributed by atoms with Crippen molar-refractivity contribution in [2.75, 3.05) is 7.05 Å². The Labute approximate surface area is 182 Å². The predicted octanol–water partition coefficient (Wildman–Crippen LogP) is 3.90. The second kappa shape index (κ2) is 9.56. The van der Waals surface area contributed by atoms with Crippen LogP contribution in [0.4, 0.5) is 4.39 Å². The Hall–Kier alpha value is -1.87. The van der Waals surface area contributed by atoms with Crippen molar-refractivity contribution in [1.29, 1.82) is 0 Å². The van der Waals surface area contributed by atoms with Crippen LogP contribution in [0.25, 0.3) is 0 Å². The molecular weight excluding hydrogens is 472 g/mol. The maximum absolute atomic E-state index is 13.5. The van der Waals surface area contributed by atoms with E-state index in [2.05, 4.69) is 35.5 Å². The lowest BCUT2D eigenvalue weighted by Gasteiger charge is -2.38. The molecule has 1 heterocycles. The van der Waals surface area contributed by atoms with E-state index in [1.807, 2.05) is 18.2 Å². The van der Waals surface area contributed by atoms with Crippen molar-refractivity contribution in [3.05, 3.63) is 65.0 Å². The summed E-state index contributed by atoms with van der Waals surface area (Å²) in [5.41, 5.74) is 1.98. The Balaban J connectivity index is 0.00000280. The number of aliphatic hydroxyl groups excluding tert-OH is 1. The number of para-hydroxylation sites is 1. The predicted molar refractivity (Wildman–Crippen MR) is 120 cm³/mol. The highest BCUT2D eigenvalue weighted by Gasteiger charge is 2.33. The smallest absolute Gasteiger partial charge is 0.191 e. The Kier molecular flexibility index (Phi) is 7.65. The van der Waals surface area contributed by atoms with Crippen LogP contribution in [0.15, 0.2) is 47.5 Å². The molecule has 0 aromatic heterocycles. The number of guanidine groups is 1. The van der Waals surface area contributed by atoms with Crippen molar-refractivity contribution in [3.63, 3.8) is 0 Å². The molecule has 0 aliphatic carbocycles. The average molecular weight is 499 g/mol. The van der Waals surface area contributed by atoms with Gasteiger partial charge in [0.05, 0.1) is 12.6 Å². The fraction of sp³-hybridized carbons (Fsp3) is 0.381. The summed E-state index contributed by atoms with van der Waals surface area (Å²) >= 11 is 0. The lowest BCUT2D eigenvalue weighted by Crippen LogP contribution is -2.45. The molecule has 0 fully saturated rings. The monoisotopic (exact) mass is 499 g/mol.